The Morgan fingerprint density at radius 1 is 1.30 bits per heavy atom. The van der Waals surface area contributed by atoms with E-state index in [0.717, 1.165) is 0 Å². The molecule has 0 saturated heterocycles. The molecule has 1 aromatic heterocycles. The molecule has 0 aromatic carbocycles. The van der Waals surface area contributed by atoms with E-state index in [0.29, 0.717) is 12.5 Å². The zero-order chi connectivity index (χ0) is 15.3. The number of rotatable bonds is 6. The van der Waals surface area contributed by atoms with Crippen molar-refractivity contribution in [3.63, 3.8) is 0 Å². The topological polar surface area (TPSA) is 76.0 Å². The number of carbonyl (C=O) groups is 1. The lowest BCUT2D eigenvalue weighted by Crippen LogP contribution is -2.41. The van der Waals surface area contributed by atoms with Crippen molar-refractivity contribution in [3.05, 3.63) is 22.7 Å². The number of carbonyl (C=O) groups excluding carboxylic acids is 1. The molecule has 0 fully saturated rings. The molecule has 1 atom stereocenters. The van der Waals surface area contributed by atoms with Crippen molar-refractivity contribution >= 4 is 11.7 Å². The first kappa shape index (κ1) is 16.2. The van der Waals surface area contributed by atoms with Gasteiger partial charge in [0.2, 0.25) is 5.91 Å². The minimum absolute atomic E-state index is 0.0520. The van der Waals surface area contributed by atoms with Crippen molar-refractivity contribution in [1.29, 1.82) is 0 Å². The van der Waals surface area contributed by atoms with Crippen LogP contribution in [0.25, 0.3) is 0 Å². The van der Waals surface area contributed by atoms with E-state index >= 15 is 0 Å². The maximum atomic E-state index is 12.1. The molecule has 1 heterocycles. The molecule has 20 heavy (non-hydrogen) atoms. The minimum atomic E-state index is -0.503. The highest BCUT2D eigenvalue weighted by Gasteiger charge is 2.16. The summed E-state index contributed by atoms with van der Waals surface area (Å²) in [4.78, 5) is 28.0. The summed E-state index contributed by atoms with van der Waals surface area (Å²) >= 11 is 0. The zero-order valence-electron chi connectivity index (χ0n) is 12.8. The van der Waals surface area contributed by atoms with Gasteiger partial charge in [0.1, 0.15) is 6.04 Å². The molecular weight excluding hydrogens is 256 g/mol. The third kappa shape index (κ3) is 4.36. The van der Waals surface area contributed by atoms with Crippen LogP contribution < -0.4 is 16.2 Å². The second kappa shape index (κ2) is 7.07. The lowest BCUT2D eigenvalue weighted by Gasteiger charge is -2.16. The predicted octanol–water partition coefficient (Wildman–Crippen LogP) is 1.40. The molecule has 0 bridgehead atoms. The van der Waals surface area contributed by atoms with Crippen LogP contribution in [0, 0.1) is 5.92 Å². The van der Waals surface area contributed by atoms with Crippen molar-refractivity contribution in [1.82, 2.24) is 14.9 Å². The van der Waals surface area contributed by atoms with E-state index < -0.39 is 6.04 Å². The van der Waals surface area contributed by atoms with Crippen LogP contribution >= 0.6 is 0 Å². The molecule has 1 aromatic rings. The molecule has 2 N–H and O–H groups in total. The number of anilines is 1. The fourth-order valence-electron chi connectivity index (χ4n) is 1.66. The number of nitrogens with one attached hydrogen (secondary N) is 2. The molecule has 0 aliphatic heterocycles. The average molecular weight is 280 g/mol. The van der Waals surface area contributed by atoms with Gasteiger partial charge in [0.15, 0.2) is 5.82 Å². The standard InChI is InChI=1S/C14H24N4O2/c1-9(2)8-16-13(19)11(5)17-12-14(20)18(10(3)4)7-6-15-12/h6-7,9-11H,8H2,1-5H3,(H,15,17)(H,16,19). The maximum absolute atomic E-state index is 12.1. The van der Waals surface area contributed by atoms with E-state index in [9.17, 15) is 9.59 Å². The van der Waals surface area contributed by atoms with Crippen molar-refractivity contribution in [2.24, 2.45) is 5.92 Å². The Morgan fingerprint density at radius 2 is 1.95 bits per heavy atom. The first-order chi connectivity index (χ1) is 9.32. The molecule has 1 amide bonds. The molecule has 112 valence electrons. The van der Waals surface area contributed by atoms with Crippen molar-refractivity contribution in [2.45, 2.75) is 46.7 Å². The van der Waals surface area contributed by atoms with Gasteiger partial charge in [0, 0.05) is 25.0 Å². The first-order valence-corrected chi connectivity index (χ1v) is 6.94. The molecule has 0 aliphatic rings. The summed E-state index contributed by atoms with van der Waals surface area (Å²) in [7, 11) is 0. The van der Waals surface area contributed by atoms with E-state index in [2.05, 4.69) is 15.6 Å². The fourth-order valence-corrected chi connectivity index (χ4v) is 1.66. The van der Waals surface area contributed by atoms with Gasteiger partial charge >= 0.3 is 0 Å². The van der Waals surface area contributed by atoms with Crippen LogP contribution in [0.1, 0.15) is 40.7 Å². The molecular formula is C14H24N4O2. The number of aromatic nitrogens is 2. The second-order valence-electron chi connectivity index (χ2n) is 5.59. The molecule has 6 nitrogen and oxygen atoms in total. The largest absolute Gasteiger partial charge is 0.354 e. The highest BCUT2D eigenvalue weighted by Crippen LogP contribution is 2.03. The van der Waals surface area contributed by atoms with Crippen LogP contribution in [0.5, 0.6) is 0 Å². The van der Waals surface area contributed by atoms with Crippen molar-refractivity contribution in [2.75, 3.05) is 11.9 Å². The molecule has 0 spiro atoms. The normalized spacial score (nSPS) is 12.6. The summed E-state index contributed by atoms with van der Waals surface area (Å²) in [6, 6.07) is -0.451. The first-order valence-electron chi connectivity index (χ1n) is 6.94. The molecule has 1 rings (SSSR count). The summed E-state index contributed by atoms with van der Waals surface area (Å²) in [5.41, 5.74) is -0.217. The molecule has 0 aliphatic carbocycles. The van der Waals surface area contributed by atoms with Crippen LogP contribution in [-0.4, -0.2) is 28.0 Å². The second-order valence-corrected chi connectivity index (χ2v) is 5.59. The van der Waals surface area contributed by atoms with Gasteiger partial charge in [-0.3, -0.25) is 9.59 Å². The lowest BCUT2D eigenvalue weighted by atomic mass is 10.2. The van der Waals surface area contributed by atoms with Gasteiger partial charge < -0.3 is 15.2 Å². The van der Waals surface area contributed by atoms with E-state index in [4.69, 9.17) is 0 Å². The van der Waals surface area contributed by atoms with E-state index in [1.165, 1.54) is 0 Å². The van der Waals surface area contributed by atoms with E-state index in [-0.39, 0.29) is 23.3 Å². The molecule has 6 heteroatoms. The summed E-state index contributed by atoms with van der Waals surface area (Å²) in [5, 5.41) is 5.69. The van der Waals surface area contributed by atoms with E-state index in [1.807, 2.05) is 27.7 Å². The van der Waals surface area contributed by atoms with E-state index in [1.54, 1.807) is 23.9 Å². The van der Waals surface area contributed by atoms with Crippen molar-refractivity contribution in [3.8, 4) is 0 Å². The highest BCUT2D eigenvalue weighted by molar-refractivity contribution is 5.83. The van der Waals surface area contributed by atoms with Gasteiger partial charge in [0.05, 0.1) is 0 Å². The summed E-state index contributed by atoms with van der Waals surface area (Å²) < 4.78 is 1.58. The Kier molecular flexibility index (Phi) is 5.73. The minimum Gasteiger partial charge on any atom is -0.354 e. The average Bonchev–Trinajstić information content (AvgIpc) is 2.37. The van der Waals surface area contributed by atoms with Gasteiger partial charge in [0.25, 0.3) is 5.56 Å². The Labute approximate surface area is 119 Å². The molecule has 0 saturated carbocycles. The summed E-state index contributed by atoms with van der Waals surface area (Å²) in [6.07, 6.45) is 3.20. The number of hydrogen-bond acceptors (Lipinski definition) is 4. The number of nitrogens with zero attached hydrogens (tertiary/aromatic N) is 2. The van der Waals surface area contributed by atoms with Crippen LogP contribution in [0.3, 0.4) is 0 Å². The van der Waals surface area contributed by atoms with Crippen LogP contribution in [0.2, 0.25) is 0 Å². The third-order valence-electron chi connectivity index (χ3n) is 2.86. The Hall–Kier alpha value is -1.85. The summed E-state index contributed by atoms with van der Waals surface area (Å²) in [6.45, 7) is 10.2. The third-order valence-corrected chi connectivity index (χ3v) is 2.86. The predicted molar refractivity (Wildman–Crippen MR) is 79.8 cm³/mol. The SMILES string of the molecule is CC(C)CNC(=O)C(C)Nc1nccn(C(C)C)c1=O. The van der Waals surface area contributed by atoms with Gasteiger partial charge in [-0.05, 0) is 26.7 Å². The Bertz CT molecular complexity index is 508. The summed E-state index contributed by atoms with van der Waals surface area (Å²) in [5.74, 6) is 0.451. The molecule has 0 radical (unpaired) electrons. The highest BCUT2D eigenvalue weighted by atomic mass is 16.2. The zero-order valence-corrected chi connectivity index (χ0v) is 12.8. The smallest absolute Gasteiger partial charge is 0.293 e. The lowest BCUT2D eigenvalue weighted by molar-refractivity contribution is -0.121. The van der Waals surface area contributed by atoms with Gasteiger partial charge in [-0.25, -0.2) is 4.98 Å². The van der Waals surface area contributed by atoms with Gasteiger partial charge in [-0.2, -0.15) is 0 Å². The van der Waals surface area contributed by atoms with Crippen LogP contribution in [0.4, 0.5) is 5.82 Å². The van der Waals surface area contributed by atoms with Crippen LogP contribution in [-0.2, 0) is 4.79 Å². The van der Waals surface area contributed by atoms with Crippen molar-refractivity contribution < 1.29 is 4.79 Å². The van der Waals surface area contributed by atoms with Gasteiger partial charge in [-0.15, -0.1) is 0 Å². The quantitative estimate of drug-likeness (QED) is 0.826. The van der Waals surface area contributed by atoms with Crippen LogP contribution in [0.15, 0.2) is 17.2 Å². The fraction of sp³-hybridized carbons (Fsp3) is 0.643. The number of amides is 1. The maximum Gasteiger partial charge on any atom is 0.293 e. The Morgan fingerprint density at radius 3 is 2.50 bits per heavy atom. The van der Waals surface area contributed by atoms with Gasteiger partial charge in [-0.1, -0.05) is 13.8 Å². The Balaban J connectivity index is 2.76. The molecule has 1 unspecified atom stereocenters. The monoisotopic (exact) mass is 280 g/mol. The number of hydrogen-bond donors (Lipinski definition) is 2.